The maximum atomic E-state index is 13.4. The van der Waals surface area contributed by atoms with E-state index in [0.717, 1.165) is 89.0 Å². The zero-order valence-corrected chi connectivity index (χ0v) is 63.0. The van der Waals surface area contributed by atoms with E-state index < -0.39 is 30.1 Å². The third-order valence-corrected chi connectivity index (χ3v) is 25.6. The lowest BCUT2D eigenvalue weighted by Crippen LogP contribution is -2.55. The van der Waals surface area contributed by atoms with Crippen molar-refractivity contribution in [3.63, 3.8) is 0 Å². The Morgan fingerprint density at radius 1 is 0.590 bits per heavy atom. The van der Waals surface area contributed by atoms with E-state index in [2.05, 4.69) is 77.1 Å². The van der Waals surface area contributed by atoms with Crippen molar-refractivity contribution in [3.05, 3.63) is 221 Å². The SMILES string of the molecule is CC1CN(c2ccc(S(=O)(=O)Nc3nccs3)cc2)CCN1C(=O)[C@@H](C)n1ccc2ccc(Cl)cc21.O=C(CC1Cc2ccccc2C1)N1CCN(c2ccc(S(=O)(=O)Nc3ccncn3)cc2)CC1.O=C(CCn1ccc2cc(Cl)ccc21)N1CCC(c2ccc(S(=O)(=O)Nc3ncns3)cc2)CC1.[HH].[HH].[HH].[HH]. The van der Waals surface area contributed by atoms with Gasteiger partial charge in [0.15, 0.2) is 5.13 Å². The average Bonchev–Trinajstić information content (AvgIpc) is 1.47. The predicted molar refractivity (Wildman–Crippen MR) is 420 cm³/mol. The van der Waals surface area contributed by atoms with Crippen molar-refractivity contribution in [3.8, 4) is 0 Å². The number of rotatable bonds is 19. The topological polar surface area (TPSA) is 280 Å². The molecule has 15 rings (SSSR count). The first kappa shape index (κ1) is 73.8. The van der Waals surface area contributed by atoms with Gasteiger partial charge in [-0.1, -0.05) is 65.7 Å². The van der Waals surface area contributed by atoms with Gasteiger partial charge in [0.05, 0.1) is 20.2 Å². The fourth-order valence-electron chi connectivity index (χ4n) is 13.9. The zero-order chi connectivity index (χ0) is 73.4. The van der Waals surface area contributed by atoms with Gasteiger partial charge in [0.2, 0.25) is 22.9 Å². The van der Waals surface area contributed by atoms with Crippen molar-refractivity contribution in [1.29, 1.82) is 0 Å². The summed E-state index contributed by atoms with van der Waals surface area (Å²) in [5, 5.41) is 5.74. The van der Waals surface area contributed by atoms with Crippen LogP contribution in [0.2, 0.25) is 10.0 Å². The van der Waals surface area contributed by atoms with Crippen LogP contribution < -0.4 is 24.0 Å². The Morgan fingerprint density at radius 3 is 1.83 bits per heavy atom. The van der Waals surface area contributed by atoms with Gasteiger partial charge in [-0.25, -0.2) is 45.2 Å². The van der Waals surface area contributed by atoms with Gasteiger partial charge in [-0.3, -0.25) is 28.5 Å². The highest BCUT2D eigenvalue weighted by Crippen LogP contribution is 2.34. The first-order valence-electron chi connectivity index (χ1n) is 34.3. The quantitative estimate of drug-likeness (QED) is 0.0678. The molecule has 554 valence electrons. The number of nitrogens with one attached hydrogen (secondary N) is 3. The third kappa shape index (κ3) is 17.9. The van der Waals surface area contributed by atoms with Crippen LogP contribution in [0.5, 0.6) is 0 Å². The van der Waals surface area contributed by atoms with Crippen LogP contribution in [0.1, 0.15) is 73.9 Å². The summed E-state index contributed by atoms with van der Waals surface area (Å²) < 4.78 is 90.7. The van der Waals surface area contributed by atoms with E-state index in [1.165, 1.54) is 47.4 Å². The Bertz CT molecular complexity index is 5200. The Labute approximate surface area is 633 Å². The minimum Gasteiger partial charge on any atom is -0.368 e. The molecule has 31 heteroatoms. The number of sulfonamides is 3. The van der Waals surface area contributed by atoms with Crippen molar-refractivity contribution in [1.82, 2.24) is 48.1 Å². The molecule has 0 bridgehead atoms. The summed E-state index contributed by atoms with van der Waals surface area (Å²) >= 11 is 14.5. The molecule has 3 saturated heterocycles. The van der Waals surface area contributed by atoms with Crippen LogP contribution in [0, 0.1) is 5.92 Å². The highest BCUT2D eigenvalue weighted by molar-refractivity contribution is 7.93. The molecule has 105 heavy (non-hydrogen) atoms. The second-order valence-corrected chi connectivity index (χ2v) is 33.8. The normalized spacial score (nSPS) is 16.2. The molecule has 8 heterocycles. The molecule has 4 aliphatic rings. The highest BCUT2D eigenvalue weighted by Gasteiger charge is 2.33. The zero-order valence-electron chi connectivity index (χ0n) is 57.4. The maximum absolute atomic E-state index is 13.4. The molecule has 3 aliphatic heterocycles. The summed E-state index contributed by atoms with van der Waals surface area (Å²) in [5.74, 6) is 1.37. The van der Waals surface area contributed by atoms with Gasteiger partial charge >= 0.3 is 0 Å². The summed E-state index contributed by atoms with van der Waals surface area (Å²) in [4.78, 5) is 65.4. The fourth-order valence-corrected chi connectivity index (χ4v) is 18.7. The number of hydrogen-bond donors (Lipinski definition) is 3. The molecule has 0 saturated carbocycles. The summed E-state index contributed by atoms with van der Waals surface area (Å²) in [6.45, 7) is 10.7. The van der Waals surface area contributed by atoms with Gasteiger partial charge in [-0.2, -0.15) is 4.37 Å². The van der Waals surface area contributed by atoms with Gasteiger partial charge in [-0.05, 0) is 183 Å². The lowest BCUT2D eigenvalue weighted by atomic mass is 9.89. The van der Waals surface area contributed by atoms with E-state index >= 15 is 0 Å². The van der Waals surface area contributed by atoms with Crippen molar-refractivity contribution in [2.24, 2.45) is 5.92 Å². The first-order chi connectivity index (χ1) is 50.6. The number of hydrogen-bond acceptors (Lipinski definition) is 18. The molecule has 2 atom stereocenters. The number of amides is 3. The lowest BCUT2D eigenvalue weighted by Gasteiger charge is -2.42. The number of piperidine rings is 1. The molecule has 1 aliphatic carbocycles. The summed E-state index contributed by atoms with van der Waals surface area (Å²) in [7, 11) is -11.1. The van der Waals surface area contributed by atoms with Crippen LogP contribution in [-0.4, -0.2) is 156 Å². The number of thiazole rings is 1. The van der Waals surface area contributed by atoms with E-state index in [4.69, 9.17) is 23.2 Å². The largest absolute Gasteiger partial charge is 0.368 e. The number of carbonyl (C=O) groups excluding carboxylic acids is 3. The van der Waals surface area contributed by atoms with Gasteiger partial charge in [-0.15, -0.1) is 11.3 Å². The van der Waals surface area contributed by atoms with Crippen LogP contribution in [-0.2, 0) is 63.8 Å². The molecule has 1 unspecified atom stereocenters. The van der Waals surface area contributed by atoms with Crippen molar-refractivity contribution in [2.45, 2.75) is 91.6 Å². The van der Waals surface area contributed by atoms with E-state index in [1.807, 2.05) is 118 Å². The third-order valence-electron chi connectivity index (χ3n) is 19.5. The standard InChI is InChI=1S/C25H26ClN5O3S2.C25H27N5O3S.C24H24ClN5O3S2.4H2/c1-17-16-29(21-5-7-22(8-6-21)36(33,34)28-25-27-10-14-35-25)12-13-30(17)24(32)18(2)31-11-9-19-3-4-20(26)15-23(19)31;31-25(17-19-15-20-3-1-2-4-21(20)16-19)30-13-11-29(12-14-30)22-5-7-23(8-6-22)34(32,33)28-24-9-10-26-18-27-24;25-20-3-6-22-19(15-20)9-11-29(22)14-10-23(31)30-12-7-18(8-13-30)17-1-4-21(5-2-17)35(32,33)28-24-26-16-27-34-24;;;;/h3-11,14-15,17-18H,12-13,16H2,1-2H3,(H,27,28);1-10,18-19H,11-17H2,(H,26,27,28);1-6,9,11,15-16,18H,7-8,10,12-14H2,(H,26,27,28);4*1H/t17?,18-;;;;;;/m1....../s1. The second kappa shape index (κ2) is 32.5. The minimum absolute atomic E-state index is 0. The predicted octanol–water partition coefficient (Wildman–Crippen LogP) is 13.3. The fraction of sp³-hybridized carbons (Fsp3) is 0.297. The monoisotopic (exact) mass is 1560 g/mol. The molecule has 11 aromatic rings. The molecule has 24 nitrogen and oxygen atoms in total. The highest BCUT2D eigenvalue weighted by atomic mass is 35.5. The van der Waals surface area contributed by atoms with Crippen LogP contribution in [0.25, 0.3) is 21.8 Å². The van der Waals surface area contributed by atoms with E-state index in [0.29, 0.717) is 92.2 Å². The second-order valence-electron chi connectivity index (χ2n) is 26.2. The number of piperazine rings is 2. The van der Waals surface area contributed by atoms with Crippen LogP contribution in [0.4, 0.5) is 27.5 Å². The van der Waals surface area contributed by atoms with Gasteiger partial charge in [0, 0.05) is 164 Å². The number of carbonyl (C=O) groups is 3. The smallest absolute Gasteiger partial charge is 0.263 e. The van der Waals surface area contributed by atoms with Gasteiger partial charge in [0.1, 0.15) is 24.5 Å². The Hall–Kier alpha value is -9.49. The van der Waals surface area contributed by atoms with Crippen LogP contribution in [0.3, 0.4) is 0 Å². The van der Waals surface area contributed by atoms with Crippen molar-refractivity contribution < 1.29 is 45.3 Å². The maximum Gasteiger partial charge on any atom is 0.263 e. The molecule has 5 aromatic heterocycles. The number of halogens is 2. The molecule has 3 fully saturated rings. The Morgan fingerprint density at radius 2 is 1.20 bits per heavy atom. The Balaban J connectivity index is 0.000000185. The average molecular weight is 1560 g/mol. The summed E-state index contributed by atoms with van der Waals surface area (Å²) in [6.07, 6.45) is 14.3. The molecular weight excluding hydrogens is 1470 g/mol. The molecule has 3 N–H and O–H groups in total. The van der Waals surface area contributed by atoms with Crippen molar-refractivity contribution in [2.75, 3.05) is 82.9 Å². The molecule has 0 spiro atoms. The molecule has 6 aromatic carbocycles. The number of likely N-dealkylation sites (tertiary alicyclic amines) is 1. The van der Waals surface area contributed by atoms with Crippen LogP contribution >= 0.6 is 46.1 Å². The lowest BCUT2D eigenvalue weighted by molar-refractivity contribution is -0.136. The molecule has 3 amide bonds. The number of anilines is 5. The number of nitrogens with zero attached hydrogens (tertiary/aromatic N) is 12. The van der Waals surface area contributed by atoms with Crippen molar-refractivity contribution >= 4 is 143 Å². The van der Waals surface area contributed by atoms with E-state index in [-0.39, 0.29) is 61.1 Å². The van der Waals surface area contributed by atoms with Gasteiger partial charge in [0.25, 0.3) is 30.1 Å². The van der Waals surface area contributed by atoms with E-state index in [1.54, 1.807) is 60.1 Å². The van der Waals surface area contributed by atoms with Gasteiger partial charge < -0.3 is 33.6 Å². The van der Waals surface area contributed by atoms with Crippen LogP contribution in [0.15, 0.2) is 209 Å². The Kier molecular flexibility index (Phi) is 22.8. The number of aromatic nitrogens is 7. The number of fused-ring (bicyclic) bond motifs is 3. The van der Waals surface area contributed by atoms with E-state index in [9.17, 15) is 39.6 Å². The summed E-state index contributed by atoms with van der Waals surface area (Å²) in [6, 6.07) is 45.6. The first-order valence-corrected chi connectivity index (χ1v) is 41.2. The minimum atomic E-state index is -3.72. The number of aryl methyl sites for hydroxylation is 1. The molecular formula is C74H85Cl2N15O9S5. The molecule has 0 radical (unpaired) electrons. The summed E-state index contributed by atoms with van der Waals surface area (Å²) in [5.41, 5.74) is 7.72. The number of benzene rings is 6.